The van der Waals surface area contributed by atoms with E-state index in [4.69, 9.17) is 0 Å². The zero-order valence-corrected chi connectivity index (χ0v) is 10.6. The molecule has 0 aromatic heterocycles. The third-order valence-corrected chi connectivity index (χ3v) is 3.41. The molecular weight excluding hydrogens is 204 g/mol. The molecule has 2 N–H and O–H groups in total. The molecule has 0 unspecified atom stereocenters. The smallest absolute Gasteiger partial charge is 0.234 e. The van der Waals surface area contributed by atoms with Crippen LogP contribution in [0, 0.1) is 0 Å². The highest BCUT2D eigenvalue weighted by Crippen LogP contribution is 2.23. The van der Waals surface area contributed by atoms with E-state index in [0.29, 0.717) is 25.7 Å². The molecule has 0 atom stereocenters. The molecule has 0 bridgehead atoms. The van der Waals surface area contributed by atoms with E-state index >= 15 is 0 Å². The number of β-amino-alcohol motifs (C(OH)–C–C–N with tert-alkyl or cyclic N) is 1. The van der Waals surface area contributed by atoms with Gasteiger partial charge in [0.25, 0.3) is 0 Å². The van der Waals surface area contributed by atoms with Gasteiger partial charge in [0.15, 0.2) is 0 Å². The monoisotopic (exact) mass is 228 g/mol. The highest BCUT2D eigenvalue weighted by molar-refractivity contribution is 5.78. The molecule has 1 fully saturated rings. The van der Waals surface area contributed by atoms with Gasteiger partial charge in [0.05, 0.1) is 12.1 Å². The zero-order chi connectivity index (χ0) is 12.2. The molecular formula is C12H24N2O2. The van der Waals surface area contributed by atoms with Gasteiger partial charge < -0.3 is 10.4 Å². The van der Waals surface area contributed by atoms with E-state index in [1.165, 1.54) is 0 Å². The second-order valence-corrected chi connectivity index (χ2v) is 4.80. The van der Waals surface area contributed by atoms with Gasteiger partial charge in [-0.2, -0.15) is 0 Å². The number of likely N-dealkylation sites (tertiary alicyclic amines) is 1. The lowest BCUT2D eigenvalue weighted by Crippen LogP contribution is -2.63. The van der Waals surface area contributed by atoms with Crippen molar-refractivity contribution in [3.05, 3.63) is 0 Å². The molecule has 0 aliphatic carbocycles. The Morgan fingerprint density at radius 2 is 1.94 bits per heavy atom. The Kier molecular flexibility index (Phi) is 4.74. The van der Waals surface area contributed by atoms with Crippen LogP contribution in [0.5, 0.6) is 0 Å². The fraction of sp³-hybridized carbons (Fsp3) is 0.917. The summed E-state index contributed by atoms with van der Waals surface area (Å²) in [7, 11) is 0. The third-order valence-electron chi connectivity index (χ3n) is 3.41. The van der Waals surface area contributed by atoms with Crippen LogP contribution in [0.1, 0.15) is 40.0 Å². The normalized spacial score (nSPS) is 19.6. The number of hydrogen-bond acceptors (Lipinski definition) is 3. The average Bonchev–Trinajstić information content (AvgIpc) is 2.23. The Morgan fingerprint density at radius 1 is 1.38 bits per heavy atom. The van der Waals surface area contributed by atoms with Crippen molar-refractivity contribution in [3.63, 3.8) is 0 Å². The molecule has 4 nitrogen and oxygen atoms in total. The number of rotatable bonds is 6. The maximum absolute atomic E-state index is 11.6. The Morgan fingerprint density at radius 3 is 2.38 bits per heavy atom. The molecule has 1 heterocycles. The Hall–Kier alpha value is -0.610. The quantitative estimate of drug-likeness (QED) is 0.705. The second-order valence-electron chi connectivity index (χ2n) is 4.80. The SMILES string of the molecule is CCC(CC)NC(=O)CN1CC(O)(CC)C1. The lowest BCUT2D eigenvalue weighted by Gasteiger charge is -2.45. The van der Waals surface area contributed by atoms with E-state index in [2.05, 4.69) is 19.2 Å². The van der Waals surface area contributed by atoms with Gasteiger partial charge in [0, 0.05) is 19.1 Å². The van der Waals surface area contributed by atoms with E-state index in [-0.39, 0.29) is 5.91 Å². The first-order chi connectivity index (χ1) is 7.53. The molecule has 1 saturated heterocycles. The van der Waals surface area contributed by atoms with Crippen LogP contribution >= 0.6 is 0 Å². The van der Waals surface area contributed by atoms with Crippen molar-refractivity contribution in [3.8, 4) is 0 Å². The number of nitrogens with one attached hydrogen (secondary N) is 1. The van der Waals surface area contributed by atoms with Crippen LogP contribution in [0.3, 0.4) is 0 Å². The van der Waals surface area contributed by atoms with E-state index in [1.54, 1.807) is 0 Å². The van der Waals surface area contributed by atoms with E-state index in [0.717, 1.165) is 19.3 Å². The van der Waals surface area contributed by atoms with Crippen LogP contribution < -0.4 is 5.32 Å². The van der Waals surface area contributed by atoms with Crippen LogP contribution in [0.4, 0.5) is 0 Å². The van der Waals surface area contributed by atoms with E-state index in [9.17, 15) is 9.90 Å². The van der Waals surface area contributed by atoms with Gasteiger partial charge in [-0.05, 0) is 19.3 Å². The summed E-state index contributed by atoms with van der Waals surface area (Å²) < 4.78 is 0. The molecule has 0 saturated carbocycles. The molecule has 0 spiro atoms. The first-order valence-electron chi connectivity index (χ1n) is 6.27. The zero-order valence-electron chi connectivity index (χ0n) is 10.6. The highest BCUT2D eigenvalue weighted by Gasteiger charge is 2.39. The number of hydrogen-bond donors (Lipinski definition) is 2. The van der Waals surface area contributed by atoms with E-state index in [1.807, 2.05) is 11.8 Å². The van der Waals surface area contributed by atoms with Crippen molar-refractivity contribution >= 4 is 5.91 Å². The summed E-state index contributed by atoms with van der Waals surface area (Å²) in [5, 5.41) is 12.8. The average molecular weight is 228 g/mol. The number of aliphatic hydroxyl groups is 1. The van der Waals surface area contributed by atoms with Crippen molar-refractivity contribution in [1.29, 1.82) is 0 Å². The largest absolute Gasteiger partial charge is 0.387 e. The van der Waals surface area contributed by atoms with Crippen molar-refractivity contribution in [2.24, 2.45) is 0 Å². The molecule has 1 rings (SSSR count). The van der Waals surface area contributed by atoms with Crippen molar-refractivity contribution in [2.75, 3.05) is 19.6 Å². The van der Waals surface area contributed by atoms with Gasteiger partial charge in [0.2, 0.25) is 5.91 Å². The number of amides is 1. The van der Waals surface area contributed by atoms with Gasteiger partial charge in [-0.1, -0.05) is 20.8 Å². The maximum atomic E-state index is 11.6. The maximum Gasteiger partial charge on any atom is 0.234 e. The fourth-order valence-electron chi connectivity index (χ4n) is 2.09. The van der Waals surface area contributed by atoms with Crippen molar-refractivity contribution < 1.29 is 9.90 Å². The minimum absolute atomic E-state index is 0.0758. The summed E-state index contributed by atoms with van der Waals surface area (Å²) in [6.07, 6.45) is 2.71. The van der Waals surface area contributed by atoms with Crippen LogP contribution in [0.2, 0.25) is 0 Å². The summed E-state index contributed by atoms with van der Waals surface area (Å²) in [6, 6.07) is 0.291. The van der Waals surface area contributed by atoms with Crippen LogP contribution in [0.25, 0.3) is 0 Å². The lowest BCUT2D eigenvalue weighted by atomic mass is 9.91. The topological polar surface area (TPSA) is 52.6 Å². The van der Waals surface area contributed by atoms with E-state index < -0.39 is 5.60 Å². The minimum atomic E-state index is -0.546. The molecule has 16 heavy (non-hydrogen) atoms. The summed E-state index contributed by atoms with van der Waals surface area (Å²) >= 11 is 0. The molecule has 0 aromatic rings. The predicted octanol–water partition coefficient (Wildman–Crippen LogP) is 0.748. The highest BCUT2D eigenvalue weighted by atomic mass is 16.3. The lowest BCUT2D eigenvalue weighted by molar-refractivity contribution is -0.133. The molecule has 94 valence electrons. The number of carbonyl (C=O) groups is 1. The number of nitrogens with zero attached hydrogens (tertiary/aromatic N) is 1. The predicted molar refractivity (Wildman–Crippen MR) is 64.2 cm³/mol. The standard InChI is InChI=1S/C12H24N2O2/c1-4-10(5-2)13-11(15)7-14-8-12(16,6-3)9-14/h10,16H,4-9H2,1-3H3,(H,13,15). The van der Waals surface area contributed by atoms with Crippen LogP contribution in [-0.2, 0) is 4.79 Å². The Bertz CT molecular complexity index is 233. The second kappa shape index (κ2) is 5.64. The molecule has 0 aromatic carbocycles. The summed E-state index contributed by atoms with van der Waals surface area (Å²) in [5.41, 5.74) is -0.546. The van der Waals surface area contributed by atoms with Gasteiger partial charge in [0.1, 0.15) is 0 Å². The van der Waals surface area contributed by atoms with Crippen LogP contribution in [0.15, 0.2) is 0 Å². The summed E-state index contributed by atoms with van der Waals surface area (Å²) in [5.74, 6) is 0.0758. The van der Waals surface area contributed by atoms with Gasteiger partial charge >= 0.3 is 0 Å². The molecule has 4 heteroatoms. The van der Waals surface area contributed by atoms with Gasteiger partial charge in [-0.15, -0.1) is 0 Å². The number of carbonyl (C=O) groups excluding carboxylic acids is 1. The summed E-state index contributed by atoms with van der Waals surface area (Å²) in [6.45, 7) is 7.79. The molecule has 1 aliphatic heterocycles. The van der Waals surface area contributed by atoms with Crippen LogP contribution in [-0.4, -0.2) is 47.2 Å². The van der Waals surface area contributed by atoms with Crippen molar-refractivity contribution in [2.45, 2.75) is 51.7 Å². The van der Waals surface area contributed by atoms with Crippen molar-refractivity contribution in [1.82, 2.24) is 10.2 Å². The summed E-state index contributed by atoms with van der Waals surface area (Å²) in [4.78, 5) is 13.6. The fourth-order valence-corrected chi connectivity index (χ4v) is 2.09. The third kappa shape index (κ3) is 3.46. The first-order valence-corrected chi connectivity index (χ1v) is 6.27. The molecule has 1 amide bonds. The first kappa shape index (κ1) is 13.5. The Balaban J connectivity index is 2.22. The van der Waals surface area contributed by atoms with Gasteiger partial charge in [-0.3, -0.25) is 9.69 Å². The molecule has 0 radical (unpaired) electrons. The minimum Gasteiger partial charge on any atom is -0.387 e. The van der Waals surface area contributed by atoms with Gasteiger partial charge in [-0.25, -0.2) is 0 Å². The molecule has 1 aliphatic rings. The Labute approximate surface area is 98.0 Å².